The maximum absolute atomic E-state index is 5.62. The van der Waals surface area contributed by atoms with E-state index in [1.165, 1.54) is 0 Å². The summed E-state index contributed by atoms with van der Waals surface area (Å²) < 4.78 is 5.62. The lowest BCUT2D eigenvalue weighted by Crippen LogP contribution is -2.35. The van der Waals surface area contributed by atoms with Crippen LogP contribution in [0.1, 0.15) is 50.4 Å². The third-order valence-electron chi connectivity index (χ3n) is 5.06. The van der Waals surface area contributed by atoms with Gasteiger partial charge in [0.2, 0.25) is 0 Å². The standard InChI is InChI=1S/C20H27N5O/c1-12(2)15-4-5-17-19(24-15)23-14(11-22-17)10-13(3)16-6-7-18-20(25-16)21-8-9-26-18/h4-7,12-14,22H,8-11H2,1-3H3,(H,21,25)(H,23,24)/t13-,14?/m1/s1. The Hall–Kier alpha value is -2.50. The highest BCUT2D eigenvalue weighted by Gasteiger charge is 2.23. The molecule has 0 amide bonds. The largest absolute Gasteiger partial charge is 0.488 e. The van der Waals surface area contributed by atoms with E-state index in [0.29, 0.717) is 24.5 Å². The Bertz CT molecular complexity index is 792. The van der Waals surface area contributed by atoms with Crippen molar-refractivity contribution in [2.45, 2.75) is 45.1 Å². The number of pyridine rings is 2. The van der Waals surface area contributed by atoms with E-state index in [9.17, 15) is 0 Å². The average molecular weight is 353 g/mol. The summed E-state index contributed by atoms with van der Waals surface area (Å²) >= 11 is 0. The summed E-state index contributed by atoms with van der Waals surface area (Å²) in [6, 6.07) is 8.66. The first-order valence-corrected chi connectivity index (χ1v) is 9.49. The maximum Gasteiger partial charge on any atom is 0.169 e. The number of hydrogen-bond acceptors (Lipinski definition) is 6. The summed E-state index contributed by atoms with van der Waals surface area (Å²) in [7, 11) is 0. The number of ether oxygens (including phenoxy) is 1. The summed E-state index contributed by atoms with van der Waals surface area (Å²) in [6.45, 7) is 8.98. The predicted octanol–water partition coefficient (Wildman–Crippen LogP) is 3.80. The van der Waals surface area contributed by atoms with E-state index in [2.05, 4.69) is 54.9 Å². The van der Waals surface area contributed by atoms with Crippen LogP contribution in [0.4, 0.5) is 17.3 Å². The first-order valence-electron chi connectivity index (χ1n) is 9.49. The van der Waals surface area contributed by atoms with Gasteiger partial charge in [0.1, 0.15) is 12.4 Å². The Morgan fingerprint density at radius 1 is 1.04 bits per heavy atom. The first-order chi connectivity index (χ1) is 12.6. The van der Waals surface area contributed by atoms with Crippen molar-refractivity contribution in [2.75, 3.05) is 35.6 Å². The van der Waals surface area contributed by atoms with Gasteiger partial charge in [-0.05, 0) is 36.6 Å². The molecule has 2 aliphatic rings. The van der Waals surface area contributed by atoms with Crippen LogP contribution in [-0.2, 0) is 0 Å². The van der Waals surface area contributed by atoms with E-state index < -0.39 is 0 Å². The van der Waals surface area contributed by atoms with Crippen LogP contribution in [0.2, 0.25) is 0 Å². The highest BCUT2D eigenvalue weighted by molar-refractivity contribution is 5.67. The monoisotopic (exact) mass is 353 g/mol. The number of anilines is 3. The summed E-state index contributed by atoms with van der Waals surface area (Å²) in [5.41, 5.74) is 3.30. The van der Waals surface area contributed by atoms with Crippen LogP contribution >= 0.6 is 0 Å². The highest BCUT2D eigenvalue weighted by Crippen LogP contribution is 2.32. The van der Waals surface area contributed by atoms with Crippen molar-refractivity contribution in [3.8, 4) is 5.75 Å². The van der Waals surface area contributed by atoms with Crippen LogP contribution in [0, 0.1) is 0 Å². The van der Waals surface area contributed by atoms with Gasteiger partial charge in [-0.25, -0.2) is 9.97 Å². The zero-order valence-electron chi connectivity index (χ0n) is 15.7. The number of hydrogen-bond donors (Lipinski definition) is 3. The Balaban J connectivity index is 1.45. The molecule has 6 nitrogen and oxygen atoms in total. The SMILES string of the molecule is CC(C)c1ccc2c(n1)NC(C[C@@H](C)c1ccc3c(n1)NCCO3)CN2. The zero-order valence-corrected chi connectivity index (χ0v) is 15.7. The molecule has 2 aliphatic heterocycles. The molecule has 0 aliphatic carbocycles. The molecule has 3 N–H and O–H groups in total. The molecule has 2 aromatic rings. The van der Waals surface area contributed by atoms with Crippen LogP contribution < -0.4 is 20.7 Å². The van der Waals surface area contributed by atoms with Gasteiger partial charge in [-0.2, -0.15) is 0 Å². The first kappa shape index (κ1) is 16.9. The van der Waals surface area contributed by atoms with E-state index in [1.54, 1.807) is 0 Å². The van der Waals surface area contributed by atoms with E-state index in [-0.39, 0.29) is 0 Å². The van der Waals surface area contributed by atoms with Crippen molar-refractivity contribution < 1.29 is 4.74 Å². The Labute approximate surface area is 154 Å². The van der Waals surface area contributed by atoms with Crippen molar-refractivity contribution in [1.29, 1.82) is 0 Å². The molecular weight excluding hydrogens is 326 g/mol. The second-order valence-corrected chi connectivity index (χ2v) is 7.50. The number of aromatic nitrogens is 2. The molecule has 2 aromatic heterocycles. The molecular formula is C20H27N5O. The molecule has 0 saturated carbocycles. The van der Waals surface area contributed by atoms with E-state index in [4.69, 9.17) is 14.7 Å². The predicted molar refractivity (Wildman–Crippen MR) is 105 cm³/mol. The Kier molecular flexibility index (Phi) is 4.57. The van der Waals surface area contributed by atoms with Gasteiger partial charge in [0, 0.05) is 29.9 Å². The third kappa shape index (κ3) is 3.41. The molecule has 0 saturated heterocycles. The van der Waals surface area contributed by atoms with E-state index >= 15 is 0 Å². The molecule has 0 fully saturated rings. The van der Waals surface area contributed by atoms with Gasteiger partial charge >= 0.3 is 0 Å². The molecule has 2 atom stereocenters. The molecule has 0 bridgehead atoms. The van der Waals surface area contributed by atoms with Crippen molar-refractivity contribution in [3.05, 3.63) is 35.7 Å². The molecule has 0 radical (unpaired) electrons. The zero-order chi connectivity index (χ0) is 18.1. The minimum atomic E-state index is 0.328. The topological polar surface area (TPSA) is 71.1 Å². The van der Waals surface area contributed by atoms with E-state index in [1.807, 2.05) is 6.07 Å². The summed E-state index contributed by atoms with van der Waals surface area (Å²) in [5, 5.41) is 10.4. The lowest BCUT2D eigenvalue weighted by Gasteiger charge is -2.30. The van der Waals surface area contributed by atoms with Gasteiger partial charge < -0.3 is 20.7 Å². The maximum atomic E-state index is 5.62. The molecule has 6 heteroatoms. The van der Waals surface area contributed by atoms with Gasteiger partial charge in [-0.15, -0.1) is 0 Å². The number of rotatable bonds is 4. The quantitative estimate of drug-likeness (QED) is 0.776. The van der Waals surface area contributed by atoms with Crippen LogP contribution in [0.15, 0.2) is 24.3 Å². The lowest BCUT2D eigenvalue weighted by atomic mass is 9.96. The molecule has 4 heterocycles. The van der Waals surface area contributed by atoms with Crippen molar-refractivity contribution in [2.24, 2.45) is 0 Å². The average Bonchev–Trinajstić information content (AvgIpc) is 2.67. The summed E-state index contributed by atoms with van der Waals surface area (Å²) in [4.78, 5) is 9.55. The minimum absolute atomic E-state index is 0.328. The van der Waals surface area contributed by atoms with Crippen LogP contribution in [0.3, 0.4) is 0 Å². The summed E-state index contributed by atoms with van der Waals surface area (Å²) in [6.07, 6.45) is 0.993. The van der Waals surface area contributed by atoms with Crippen LogP contribution in [-0.4, -0.2) is 35.7 Å². The van der Waals surface area contributed by atoms with Crippen LogP contribution in [0.5, 0.6) is 5.75 Å². The second-order valence-electron chi connectivity index (χ2n) is 7.50. The van der Waals surface area contributed by atoms with Gasteiger partial charge in [-0.3, -0.25) is 0 Å². The Morgan fingerprint density at radius 2 is 1.85 bits per heavy atom. The summed E-state index contributed by atoms with van der Waals surface area (Å²) in [5.74, 6) is 3.45. The van der Waals surface area contributed by atoms with Gasteiger partial charge in [0.25, 0.3) is 0 Å². The number of nitrogens with one attached hydrogen (secondary N) is 3. The van der Waals surface area contributed by atoms with Crippen molar-refractivity contribution >= 4 is 17.3 Å². The fourth-order valence-corrected chi connectivity index (χ4v) is 3.53. The molecule has 1 unspecified atom stereocenters. The smallest absolute Gasteiger partial charge is 0.169 e. The van der Waals surface area contributed by atoms with Gasteiger partial charge in [-0.1, -0.05) is 20.8 Å². The number of fused-ring (bicyclic) bond motifs is 2. The van der Waals surface area contributed by atoms with Crippen molar-refractivity contribution in [3.63, 3.8) is 0 Å². The van der Waals surface area contributed by atoms with Crippen molar-refractivity contribution in [1.82, 2.24) is 9.97 Å². The van der Waals surface area contributed by atoms with Crippen LogP contribution in [0.25, 0.3) is 0 Å². The van der Waals surface area contributed by atoms with Gasteiger partial charge in [0.05, 0.1) is 12.2 Å². The Morgan fingerprint density at radius 3 is 2.69 bits per heavy atom. The number of nitrogens with zero attached hydrogens (tertiary/aromatic N) is 2. The third-order valence-corrected chi connectivity index (χ3v) is 5.06. The lowest BCUT2D eigenvalue weighted by molar-refractivity contribution is 0.321. The molecule has 4 rings (SSSR count). The minimum Gasteiger partial charge on any atom is -0.488 e. The van der Waals surface area contributed by atoms with Gasteiger partial charge in [0.15, 0.2) is 11.6 Å². The fourth-order valence-electron chi connectivity index (χ4n) is 3.53. The molecule has 26 heavy (non-hydrogen) atoms. The second kappa shape index (κ2) is 7.02. The molecule has 138 valence electrons. The molecule has 0 aromatic carbocycles. The fraction of sp³-hybridized carbons (Fsp3) is 0.500. The normalized spacial score (nSPS) is 19.3. The molecule has 0 spiro atoms. The highest BCUT2D eigenvalue weighted by atomic mass is 16.5. The van der Waals surface area contributed by atoms with E-state index in [0.717, 1.165) is 54.0 Å².